The molecule has 1 aromatic heterocycles. The van der Waals surface area contributed by atoms with Gasteiger partial charge in [0, 0.05) is 18.5 Å². The molecule has 3 rings (SSSR count). The Balaban J connectivity index is 1.93. The normalized spacial score (nSPS) is 23.4. The van der Waals surface area contributed by atoms with E-state index in [-0.39, 0.29) is 11.9 Å². The number of aromatic nitrogens is 2. The van der Waals surface area contributed by atoms with Crippen molar-refractivity contribution in [3.8, 4) is 0 Å². The van der Waals surface area contributed by atoms with E-state index in [9.17, 15) is 4.79 Å². The third-order valence-electron chi connectivity index (χ3n) is 3.52. The Morgan fingerprint density at radius 1 is 1.39 bits per heavy atom. The second-order valence-electron chi connectivity index (χ2n) is 4.94. The topological polar surface area (TPSA) is 72.1 Å². The fourth-order valence-electron chi connectivity index (χ4n) is 2.43. The Morgan fingerprint density at radius 2 is 2.17 bits per heavy atom. The molecule has 2 aliphatic rings. The predicted octanol–water partition coefficient (Wildman–Crippen LogP) is 1.46. The van der Waals surface area contributed by atoms with Crippen molar-refractivity contribution in [2.45, 2.75) is 37.6 Å². The van der Waals surface area contributed by atoms with E-state index >= 15 is 0 Å². The molecule has 2 heterocycles. The number of hydrogen-bond acceptors (Lipinski definition) is 4. The number of nitrogens with zero attached hydrogens (tertiary/aromatic N) is 3. The summed E-state index contributed by atoms with van der Waals surface area (Å²) in [5, 5.41) is 0.442. The van der Waals surface area contributed by atoms with Crippen LogP contribution in [0.15, 0.2) is 6.07 Å². The van der Waals surface area contributed by atoms with Crippen LogP contribution in [0.25, 0.3) is 0 Å². The number of halogens is 1. The zero-order chi connectivity index (χ0) is 12.7. The molecular formula is C12H15ClN4O. The molecule has 1 saturated heterocycles. The fraction of sp³-hybridized carbons (Fsp3) is 0.583. The van der Waals surface area contributed by atoms with Crippen molar-refractivity contribution in [1.29, 1.82) is 0 Å². The molecule has 1 aromatic rings. The van der Waals surface area contributed by atoms with Gasteiger partial charge in [0.1, 0.15) is 22.8 Å². The maximum atomic E-state index is 11.4. The van der Waals surface area contributed by atoms with Gasteiger partial charge in [-0.2, -0.15) is 0 Å². The smallest absolute Gasteiger partial charge is 0.240 e. The zero-order valence-electron chi connectivity index (χ0n) is 9.97. The SMILES string of the molecule is NC(=O)C1CCCN1c1cc(Cl)nc(C2CC2)n1. The van der Waals surface area contributed by atoms with E-state index in [0.717, 1.165) is 43.9 Å². The summed E-state index contributed by atoms with van der Waals surface area (Å²) in [6, 6.07) is 1.46. The lowest BCUT2D eigenvalue weighted by Crippen LogP contribution is -2.40. The largest absolute Gasteiger partial charge is 0.368 e. The van der Waals surface area contributed by atoms with E-state index in [1.165, 1.54) is 0 Å². The lowest BCUT2D eigenvalue weighted by molar-refractivity contribution is -0.119. The van der Waals surface area contributed by atoms with Crippen molar-refractivity contribution in [2.24, 2.45) is 5.73 Å². The highest BCUT2D eigenvalue weighted by Crippen LogP contribution is 2.39. The van der Waals surface area contributed by atoms with Gasteiger partial charge in [-0.15, -0.1) is 0 Å². The minimum Gasteiger partial charge on any atom is -0.368 e. The molecule has 1 saturated carbocycles. The van der Waals surface area contributed by atoms with E-state index in [1.54, 1.807) is 6.07 Å². The number of nitrogens with two attached hydrogens (primary N) is 1. The van der Waals surface area contributed by atoms with Crippen molar-refractivity contribution in [2.75, 3.05) is 11.4 Å². The van der Waals surface area contributed by atoms with Crippen molar-refractivity contribution in [3.63, 3.8) is 0 Å². The summed E-state index contributed by atoms with van der Waals surface area (Å²) in [7, 11) is 0. The zero-order valence-corrected chi connectivity index (χ0v) is 10.7. The van der Waals surface area contributed by atoms with Gasteiger partial charge in [0.25, 0.3) is 0 Å². The molecule has 5 nitrogen and oxygen atoms in total. The van der Waals surface area contributed by atoms with Crippen LogP contribution in [-0.2, 0) is 4.79 Å². The molecule has 2 N–H and O–H groups in total. The van der Waals surface area contributed by atoms with Crippen LogP contribution in [0.1, 0.15) is 37.4 Å². The maximum Gasteiger partial charge on any atom is 0.240 e. The second kappa shape index (κ2) is 4.39. The highest BCUT2D eigenvalue weighted by Gasteiger charge is 2.32. The summed E-state index contributed by atoms with van der Waals surface area (Å²) >= 11 is 6.03. The molecule has 1 unspecified atom stereocenters. The van der Waals surface area contributed by atoms with Gasteiger partial charge in [0.15, 0.2) is 0 Å². The molecule has 1 aliphatic heterocycles. The Kier molecular flexibility index (Phi) is 2.86. The van der Waals surface area contributed by atoms with Gasteiger partial charge in [-0.1, -0.05) is 11.6 Å². The molecule has 0 aromatic carbocycles. The van der Waals surface area contributed by atoms with Crippen molar-refractivity contribution in [1.82, 2.24) is 9.97 Å². The number of carbonyl (C=O) groups is 1. The first kappa shape index (κ1) is 11.7. The van der Waals surface area contributed by atoms with Gasteiger partial charge >= 0.3 is 0 Å². The average molecular weight is 267 g/mol. The minimum atomic E-state index is -0.296. The van der Waals surface area contributed by atoms with E-state index in [2.05, 4.69) is 9.97 Å². The van der Waals surface area contributed by atoms with Crippen LogP contribution in [0.2, 0.25) is 5.15 Å². The summed E-state index contributed by atoms with van der Waals surface area (Å²) in [5.74, 6) is 1.68. The van der Waals surface area contributed by atoms with Crippen molar-refractivity contribution >= 4 is 23.3 Å². The van der Waals surface area contributed by atoms with E-state index in [1.807, 2.05) is 4.90 Å². The highest BCUT2D eigenvalue weighted by molar-refractivity contribution is 6.29. The molecule has 1 atom stereocenters. The Bertz CT molecular complexity index is 489. The van der Waals surface area contributed by atoms with E-state index in [4.69, 9.17) is 17.3 Å². The number of rotatable bonds is 3. The summed E-state index contributed by atoms with van der Waals surface area (Å²) in [6.45, 7) is 0.797. The molecule has 0 bridgehead atoms. The van der Waals surface area contributed by atoms with Gasteiger partial charge in [-0.25, -0.2) is 9.97 Å². The lowest BCUT2D eigenvalue weighted by Gasteiger charge is -2.23. The summed E-state index contributed by atoms with van der Waals surface area (Å²) in [5.41, 5.74) is 5.42. The monoisotopic (exact) mass is 266 g/mol. The Morgan fingerprint density at radius 3 is 2.83 bits per heavy atom. The molecule has 0 spiro atoms. The van der Waals surface area contributed by atoms with Crippen LogP contribution in [0.5, 0.6) is 0 Å². The van der Waals surface area contributed by atoms with Crippen LogP contribution in [0.3, 0.4) is 0 Å². The molecule has 1 amide bonds. The first-order valence-corrected chi connectivity index (χ1v) is 6.63. The number of primary amides is 1. The van der Waals surface area contributed by atoms with Gasteiger partial charge in [0.2, 0.25) is 5.91 Å². The van der Waals surface area contributed by atoms with Gasteiger partial charge in [0.05, 0.1) is 0 Å². The van der Waals surface area contributed by atoms with Crippen molar-refractivity contribution in [3.05, 3.63) is 17.0 Å². The number of anilines is 1. The first-order valence-electron chi connectivity index (χ1n) is 6.25. The predicted molar refractivity (Wildman–Crippen MR) is 68.6 cm³/mol. The lowest BCUT2D eigenvalue weighted by atomic mass is 10.2. The molecule has 0 radical (unpaired) electrons. The third-order valence-corrected chi connectivity index (χ3v) is 3.71. The second-order valence-corrected chi connectivity index (χ2v) is 5.32. The van der Waals surface area contributed by atoms with Gasteiger partial charge in [-0.3, -0.25) is 4.79 Å². The number of hydrogen-bond donors (Lipinski definition) is 1. The third kappa shape index (κ3) is 2.14. The molecule has 18 heavy (non-hydrogen) atoms. The van der Waals surface area contributed by atoms with Crippen LogP contribution in [0, 0.1) is 0 Å². The summed E-state index contributed by atoms with van der Waals surface area (Å²) < 4.78 is 0. The summed E-state index contributed by atoms with van der Waals surface area (Å²) in [4.78, 5) is 22.1. The van der Waals surface area contributed by atoms with Crippen LogP contribution in [0.4, 0.5) is 5.82 Å². The van der Waals surface area contributed by atoms with E-state index < -0.39 is 0 Å². The number of amides is 1. The Hall–Kier alpha value is -1.36. The Labute approximate surface area is 110 Å². The van der Waals surface area contributed by atoms with E-state index in [0.29, 0.717) is 11.1 Å². The van der Waals surface area contributed by atoms with Crippen LogP contribution >= 0.6 is 11.6 Å². The molecule has 96 valence electrons. The van der Waals surface area contributed by atoms with Crippen LogP contribution < -0.4 is 10.6 Å². The van der Waals surface area contributed by atoms with Gasteiger partial charge < -0.3 is 10.6 Å². The molecular weight excluding hydrogens is 252 g/mol. The maximum absolute atomic E-state index is 11.4. The standard InChI is InChI=1S/C12H15ClN4O/c13-9-6-10(16-12(15-9)7-3-4-7)17-5-1-2-8(17)11(14)18/h6-8H,1-5H2,(H2,14,18). The average Bonchev–Trinajstić information content (AvgIpc) is 3.05. The molecule has 2 fully saturated rings. The minimum absolute atomic E-state index is 0.261. The molecule has 6 heteroatoms. The number of carbonyl (C=O) groups excluding carboxylic acids is 1. The molecule has 1 aliphatic carbocycles. The fourth-order valence-corrected chi connectivity index (χ4v) is 2.62. The highest BCUT2D eigenvalue weighted by atomic mass is 35.5. The first-order chi connectivity index (χ1) is 8.65. The van der Waals surface area contributed by atoms with Gasteiger partial charge in [-0.05, 0) is 25.7 Å². The van der Waals surface area contributed by atoms with Crippen LogP contribution in [-0.4, -0.2) is 28.5 Å². The summed E-state index contributed by atoms with van der Waals surface area (Å²) in [6.07, 6.45) is 3.99. The van der Waals surface area contributed by atoms with Crippen molar-refractivity contribution < 1.29 is 4.79 Å². The quantitative estimate of drug-likeness (QED) is 0.841.